The maximum atomic E-state index is 6.09. The summed E-state index contributed by atoms with van der Waals surface area (Å²) in [5, 5.41) is 1.24. The fourth-order valence-electron chi connectivity index (χ4n) is 3.76. The van der Waals surface area contributed by atoms with Crippen molar-refractivity contribution >= 4 is 11.0 Å². The van der Waals surface area contributed by atoms with Crippen molar-refractivity contribution in [2.75, 3.05) is 13.1 Å². The van der Waals surface area contributed by atoms with E-state index >= 15 is 0 Å². The molecule has 0 bridgehead atoms. The van der Waals surface area contributed by atoms with Crippen LogP contribution in [0.2, 0.25) is 0 Å². The first-order chi connectivity index (χ1) is 11.2. The van der Waals surface area contributed by atoms with E-state index in [-0.39, 0.29) is 0 Å². The van der Waals surface area contributed by atoms with E-state index < -0.39 is 0 Å². The van der Waals surface area contributed by atoms with Gasteiger partial charge < -0.3 is 8.98 Å². The Labute approximate surface area is 136 Å². The van der Waals surface area contributed by atoms with Crippen molar-refractivity contribution < 1.29 is 4.42 Å². The van der Waals surface area contributed by atoms with Gasteiger partial charge in [0.15, 0.2) is 0 Å². The molecule has 0 unspecified atom stereocenters. The zero-order valence-corrected chi connectivity index (χ0v) is 13.8. The second-order valence-electron chi connectivity index (χ2n) is 6.62. The topological polar surface area (TPSA) is 34.2 Å². The van der Waals surface area contributed by atoms with Crippen LogP contribution in [-0.2, 0) is 13.6 Å². The van der Waals surface area contributed by atoms with Gasteiger partial charge in [0, 0.05) is 37.3 Å². The smallest absolute Gasteiger partial charge is 0.134 e. The molecule has 0 saturated carbocycles. The second kappa shape index (κ2) is 5.85. The van der Waals surface area contributed by atoms with E-state index in [4.69, 9.17) is 4.42 Å². The quantitative estimate of drug-likeness (QED) is 0.737. The molecule has 4 rings (SSSR count). The first-order valence-electron chi connectivity index (χ1n) is 8.39. The van der Waals surface area contributed by atoms with Crippen LogP contribution in [0, 0.1) is 6.92 Å². The summed E-state index contributed by atoms with van der Waals surface area (Å²) >= 11 is 0. The molecule has 2 aromatic heterocycles. The monoisotopic (exact) mass is 309 g/mol. The Morgan fingerprint density at radius 3 is 2.96 bits per heavy atom. The first-order valence-corrected chi connectivity index (χ1v) is 8.39. The van der Waals surface area contributed by atoms with Gasteiger partial charge in [-0.15, -0.1) is 0 Å². The number of nitrogens with zero attached hydrogens (tertiary/aromatic N) is 3. The van der Waals surface area contributed by atoms with Gasteiger partial charge in [-0.3, -0.25) is 4.90 Å². The van der Waals surface area contributed by atoms with Crippen LogP contribution in [0.4, 0.5) is 0 Å². The molecule has 0 aliphatic carbocycles. The van der Waals surface area contributed by atoms with Crippen molar-refractivity contribution in [1.82, 2.24) is 14.5 Å². The molecule has 4 nitrogen and oxygen atoms in total. The number of aromatic nitrogens is 2. The molecule has 4 heteroatoms. The van der Waals surface area contributed by atoms with Gasteiger partial charge in [-0.05, 0) is 37.9 Å². The highest BCUT2D eigenvalue weighted by Crippen LogP contribution is 2.29. The largest absolute Gasteiger partial charge is 0.459 e. The minimum atomic E-state index is 0.522. The number of hydrogen-bond acceptors (Lipinski definition) is 3. The van der Waals surface area contributed by atoms with Crippen LogP contribution >= 0.6 is 0 Å². The van der Waals surface area contributed by atoms with E-state index in [0.717, 1.165) is 31.0 Å². The molecule has 120 valence electrons. The SMILES string of the molecule is Cc1c(CN2CCC[C@H](c3nccn3C)C2)oc2ccccc12. The van der Waals surface area contributed by atoms with Gasteiger partial charge in [0.2, 0.25) is 0 Å². The molecule has 0 spiro atoms. The predicted molar refractivity (Wildman–Crippen MR) is 91.4 cm³/mol. The van der Waals surface area contributed by atoms with Gasteiger partial charge in [0.25, 0.3) is 0 Å². The highest BCUT2D eigenvalue weighted by molar-refractivity contribution is 5.81. The van der Waals surface area contributed by atoms with Gasteiger partial charge in [0.1, 0.15) is 17.2 Å². The average molecular weight is 309 g/mol. The summed E-state index contributed by atoms with van der Waals surface area (Å²) in [6.07, 6.45) is 6.38. The average Bonchev–Trinajstić information content (AvgIpc) is 3.12. The number of imidazole rings is 1. The number of likely N-dealkylation sites (tertiary alicyclic amines) is 1. The Morgan fingerprint density at radius 1 is 1.30 bits per heavy atom. The minimum Gasteiger partial charge on any atom is -0.459 e. The Balaban J connectivity index is 1.54. The van der Waals surface area contributed by atoms with Crippen LogP contribution in [0.5, 0.6) is 0 Å². The number of para-hydroxylation sites is 1. The number of hydrogen-bond donors (Lipinski definition) is 0. The lowest BCUT2D eigenvalue weighted by molar-refractivity contribution is 0.183. The molecule has 0 radical (unpaired) electrons. The van der Waals surface area contributed by atoms with Crippen molar-refractivity contribution in [3.05, 3.63) is 53.8 Å². The van der Waals surface area contributed by atoms with E-state index in [2.05, 4.69) is 46.6 Å². The standard InChI is InChI=1S/C19H23N3O/c1-14-16-7-3-4-8-17(16)23-18(14)13-22-10-5-6-15(12-22)19-20-9-11-21(19)2/h3-4,7-9,11,15H,5-6,10,12-13H2,1-2H3/t15-/m0/s1. The third-order valence-corrected chi connectivity index (χ3v) is 5.04. The first kappa shape index (κ1) is 14.5. The summed E-state index contributed by atoms with van der Waals surface area (Å²) in [5.74, 6) is 2.83. The lowest BCUT2D eigenvalue weighted by Gasteiger charge is -2.31. The minimum absolute atomic E-state index is 0.522. The molecule has 1 fully saturated rings. The number of piperidine rings is 1. The fraction of sp³-hybridized carbons (Fsp3) is 0.421. The van der Waals surface area contributed by atoms with Crippen LogP contribution in [0.25, 0.3) is 11.0 Å². The molecule has 1 atom stereocenters. The van der Waals surface area contributed by atoms with Crippen molar-refractivity contribution in [3.63, 3.8) is 0 Å². The number of fused-ring (bicyclic) bond motifs is 1. The summed E-state index contributed by atoms with van der Waals surface area (Å²) in [7, 11) is 2.09. The highest BCUT2D eigenvalue weighted by Gasteiger charge is 2.25. The number of aryl methyl sites for hydroxylation is 2. The van der Waals surface area contributed by atoms with Gasteiger partial charge in [-0.1, -0.05) is 18.2 Å². The Bertz CT molecular complexity index is 817. The molecular formula is C19H23N3O. The van der Waals surface area contributed by atoms with Crippen molar-refractivity contribution in [2.45, 2.75) is 32.2 Å². The lowest BCUT2D eigenvalue weighted by atomic mass is 9.97. The summed E-state index contributed by atoms with van der Waals surface area (Å²) in [5.41, 5.74) is 2.28. The maximum Gasteiger partial charge on any atom is 0.134 e. The molecule has 0 N–H and O–H groups in total. The Kier molecular flexibility index (Phi) is 3.69. The number of furan rings is 1. The van der Waals surface area contributed by atoms with Crippen LogP contribution < -0.4 is 0 Å². The molecule has 23 heavy (non-hydrogen) atoms. The third kappa shape index (κ3) is 2.68. The normalized spacial score (nSPS) is 19.5. The molecule has 1 aromatic carbocycles. The maximum absolute atomic E-state index is 6.09. The summed E-state index contributed by atoms with van der Waals surface area (Å²) in [6, 6.07) is 8.31. The molecule has 1 aliphatic heterocycles. The summed E-state index contributed by atoms with van der Waals surface area (Å²) < 4.78 is 8.24. The lowest BCUT2D eigenvalue weighted by Crippen LogP contribution is -2.34. The van der Waals surface area contributed by atoms with Gasteiger partial charge in [-0.25, -0.2) is 4.98 Å². The van der Waals surface area contributed by atoms with E-state index in [9.17, 15) is 0 Å². The number of benzene rings is 1. The van der Waals surface area contributed by atoms with Crippen molar-refractivity contribution in [2.24, 2.45) is 7.05 Å². The Morgan fingerprint density at radius 2 is 2.17 bits per heavy atom. The van der Waals surface area contributed by atoms with E-state index in [1.807, 2.05) is 18.5 Å². The van der Waals surface area contributed by atoms with Crippen LogP contribution in [0.3, 0.4) is 0 Å². The molecule has 1 aliphatic rings. The zero-order valence-electron chi connectivity index (χ0n) is 13.8. The van der Waals surface area contributed by atoms with Gasteiger partial charge in [0.05, 0.1) is 6.54 Å². The van der Waals surface area contributed by atoms with E-state index in [0.29, 0.717) is 5.92 Å². The highest BCUT2D eigenvalue weighted by atomic mass is 16.3. The Hall–Kier alpha value is -2.07. The number of rotatable bonds is 3. The second-order valence-corrected chi connectivity index (χ2v) is 6.62. The predicted octanol–water partition coefficient (Wildman–Crippen LogP) is 3.85. The van der Waals surface area contributed by atoms with Crippen LogP contribution in [0.1, 0.15) is 35.9 Å². The molecule has 1 saturated heterocycles. The molecular weight excluding hydrogens is 286 g/mol. The van der Waals surface area contributed by atoms with Crippen LogP contribution in [-0.4, -0.2) is 27.5 Å². The van der Waals surface area contributed by atoms with Gasteiger partial charge >= 0.3 is 0 Å². The van der Waals surface area contributed by atoms with Gasteiger partial charge in [-0.2, -0.15) is 0 Å². The van der Waals surface area contributed by atoms with E-state index in [1.54, 1.807) is 0 Å². The third-order valence-electron chi connectivity index (χ3n) is 5.04. The van der Waals surface area contributed by atoms with Crippen molar-refractivity contribution in [3.8, 4) is 0 Å². The molecule has 3 heterocycles. The molecule has 0 amide bonds. The molecule has 3 aromatic rings. The summed E-state index contributed by atoms with van der Waals surface area (Å²) in [4.78, 5) is 7.05. The van der Waals surface area contributed by atoms with E-state index in [1.165, 1.54) is 29.6 Å². The summed E-state index contributed by atoms with van der Waals surface area (Å²) in [6.45, 7) is 5.25. The van der Waals surface area contributed by atoms with Crippen LogP contribution in [0.15, 0.2) is 41.1 Å². The van der Waals surface area contributed by atoms with Crippen molar-refractivity contribution in [1.29, 1.82) is 0 Å². The fourth-order valence-corrected chi connectivity index (χ4v) is 3.76. The zero-order chi connectivity index (χ0) is 15.8.